The number of carbonyl (C=O) groups excluding carboxylic acids is 1. The first-order chi connectivity index (χ1) is 12.9. The molecule has 2 rings (SSSR count). The first-order valence-corrected chi connectivity index (χ1v) is 11.0. The third-order valence-corrected chi connectivity index (χ3v) is 5.59. The van der Waals surface area contributed by atoms with Gasteiger partial charge in [0.05, 0.1) is 31.8 Å². The van der Waals surface area contributed by atoms with Crippen molar-refractivity contribution in [3.8, 4) is 5.75 Å². The van der Waals surface area contributed by atoms with Crippen molar-refractivity contribution in [3.63, 3.8) is 0 Å². The largest absolute Gasteiger partial charge is 0.492 e. The number of amides is 1. The van der Waals surface area contributed by atoms with Crippen LogP contribution in [0.3, 0.4) is 0 Å². The number of hydrogen-bond donors (Lipinski definition) is 1. The Balaban J connectivity index is 1.87. The standard InChI is InChI=1S/C18H29N3O5S/c1-3-26-17-7-5-4-6-16(17)19-18(22)8-9-21(27(2,23)24)11-10-20-12-14-25-15-13-20/h4-7H,3,8-15H2,1-2H3,(H,19,22). The Labute approximate surface area is 161 Å². The Morgan fingerprint density at radius 1 is 1.26 bits per heavy atom. The lowest BCUT2D eigenvalue weighted by atomic mass is 10.2. The van der Waals surface area contributed by atoms with E-state index in [0.29, 0.717) is 44.3 Å². The molecule has 1 heterocycles. The molecule has 0 spiro atoms. The molecule has 0 atom stereocenters. The van der Waals surface area contributed by atoms with Crippen LogP contribution in [0.2, 0.25) is 0 Å². The van der Waals surface area contributed by atoms with Gasteiger partial charge in [-0.15, -0.1) is 0 Å². The molecule has 0 bridgehead atoms. The van der Waals surface area contributed by atoms with Crippen molar-refractivity contribution in [1.29, 1.82) is 0 Å². The number of benzene rings is 1. The highest BCUT2D eigenvalue weighted by atomic mass is 32.2. The summed E-state index contributed by atoms with van der Waals surface area (Å²) in [6.45, 7) is 6.44. The Kier molecular flexibility index (Phi) is 8.49. The Bertz CT molecular complexity index is 705. The molecule has 9 heteroatoms. The maximum atomic E-state index is 12.3. The van der Waals surface area contributed by atoms with E-state index in [4.69, 9.17) is 9.47 Å². The molecule has 1 fully saturated rings. The highest BCUT2D eigenvalue weighted by molar-refractivity contribution is 7.88. The van der Waals surface area contributed by atoms with Crippen molar-refractivity contribution in [3.05, 3.63) is 24.3 Å². The number of nitrogens with zero attached hydrogens (tertiary/aromatic N) is 2. The molecule has 0 radical (unpaired) electrons. The zero-order valence-electron chi connectivity index (χ0n) is 16.0. The summed E-state index contributed by atoms with van der Waals surface area (Å²) >= 11 is 0. The van der Waals surface area contributed by atoms with Gasteiger partial charge in [0.1, 0.15) is 5.75 Å². The van der Waals surface area contributed by atoms with Crippen molar-refractivity contribution in [2.24, 2.45) is 0 Å². The number of para-hydroxylation sites is 2. The van der Waals surface area contributed by atoms with Gasteiger partial charge < -0.3 is 14.8 Å². The van der Waals surface area contributed by atoms with Crippen LogP contribution in [0.1, 0.15) is 13.3 Å². The highest BCUT2D eigenvalue weighted by Crippen LogP contribution is 2.23. The first-order valence-electron chi connectivity index (χ1n) is 9.17. The number of nitrogens with one attached hydrogen (secondary N) is 1. The van der Waals surface area contributed by atoms with Gasteiger partial charge >= 0.3 is 0 Å². The number of ether oxygens (including phenoxy) is 2. The SMILES string of the molecule is CCOc1ccccc1NC(=O)CCN(CCN1CCOCC1)S(C)(=O)=O. The average Bonchev–Trinajstić information content (AvgIpc) is 2.63. The van der Waals surface area contributed by atoms with Crippen molar-refractivity contribution in [2.45, 2.75) is 13.3 Å². The van der Waals surface area contributed by atoms with Crippen molar-refractivity contribution in [1.82, 2.24) is 9.21 Å². The van der Waals surface area contributed by atoms with E-state index in [1.54, 1.807) is 12.1 Å². The van der Waals surface area contributed by atoms with Gasteiger partial charge in [0.25, 0.3) is 0 Å². The maximum absolute atomic E-state index is 12.3. The first kappa shape index (κ1) is 21.6. The minimum absolute atomic E-state index is 0.0800. The second-order valence-electron chi connectivity index (χ2n) is 6.34. The van der Waals surface area contributed by atoms with Crippen LogP contribution >= 0.6 is 0 Å². The van der Waals surface area contributed by atoms with Gasteiger partial charge in [0.15, 0.2) is 0 Å². The summed E-state index contributed by atoms with van der Waals surface area (Å²) < 4.78 is 36.2. The molecule has 8 nitrogen and oxygen atoms in total. The Morgan fingerprint density at radius 2 is 1.96 bits per heavy atom. The Morgan fingerprint density at radius 3 is 2.63 bits per heavy atom. The molecular weight excluding hydrogens is 370 g/mol. The molecule has 1 aliphatic rings. The number of morpholine rings is 1. The molecule has 1 N–H and O–H groups in total. The van der Waals surface area contributed by atoms with Gasteiger partial charge in [0, 0.05) is 39.1 Å². The molecule has 1 aromatic rings. The van der Waals surface area contributed by atoms with E-state index < -0.39 is 10.0 Å². The van der Waals surface area contributed by atoms with E-state index in [0.717, 1.165) is 13.1 Å². The maximum Gasteiger partial charge on any atom is 0.225 e. The fourth-order valence-electron chi connectivity index (χ4n) is 2.81. The van der Waals surface area contributed by atoms with Crippen LogP contribution in [-0.2, 0) is 19.6 Å². The molecule has 152 valence electrons. The van der Waals surface area contributed by atoms with Crippen LogP contribution in [0.5, 0.6) is 5.75 Å². The lowest BCUT2D eigenvalue weighted by Gasteiger charge is -2.29. The predicted molar refractivity (Wildman–Crippen MR) is 105 cm³/mol. The highest BCUT2D eigenvalue weighted by Gasteiger charge is 2.20. The summed E-state index contributed by atoms with van der Waals surface area (Å²) in [5, 5.41) is 2.80. The van der Waals surface area contributed by atoms with Crippen molar-refractivity contribution in [2.75, 3.05) is 64.1 Å². The number of anilines is 1. The molecular formula is C18H29N3O5S. The lowest BCUT2D eigenvalue weighted by Crippen LogP contribution is -2.43. The van der Waals surface area contributed by atoms with E-state index in [-0.39, 0.29) is 18.9 Å². The van der Waals surface area contributed by atoms with E-state index in [2.05, 4.69) is 10.2 Å². The molecule has 1 amide bonds. The number of rotatable bonds is 10. The van der Waals surface area contributed by atoms with Crippen LogP contribution in [0.25, 0.3) is 0 Å². The summed E-state index contributed by atoms with van der Waals surface area (Å²) in [5.41, 5.74) is 0.587. The van der Waals surface area contributed by atoms with Crippen LogP contribution < -0.4 is 10.1 Å². The van der Waals surface area contributed by atoms with Gasteiger partial charge in [-0.25, -0.2) is 12.7 Å². The summed E-state index contributed by atoms with van der Waals surface area (Å²) in [6.07, 6.45) is 1.26. The zero-order valence-corrected chi connectivity index (χ0v) is 16.8. The molecule has 0 aromatic heterocycles. The van der Waals surface area contributed by atoms with Crippen LogP contribution in [0.15, 0.2) is 24.3 Å². The zero-order chi connectivity index (χ0) is 19.7. The molecule has 1 aliphatic heterocycles. The molecule has 1 saturated heterocycles. The van der Waals surface area contributed by atoms with E-state index in [9.17, 15) is 13.2 Å². The minimum Gasteiger partial charge on any atom is -0.492 e. The topological polar surface area (TPSA) is 88.2 Å². The van der Waals surface area contributed by atoms with Gasteiger partial charge in [0.2, 0.25) is 15.9 Å². The minimum atomic E-state index is -3.38. The summed E-state index contributed by atoms with van der Waals surface area (Å²) in [7, 11) is -3.38. The molecule has 1 aromatic carbocycles. The molecule has 0 unspecified atom stereocenters. The fourth-order valence-corrected chi connectivity index (χ4v) is 3.65. The second-order valence-corrected chi connectivity index (χ2v) is 8.33. The number of sulfonamides is 1. The lowest BCUT2D eigenvalue weighted by molar-refractivity contribution is -0.116. The van der Waals surface area contributed by atoms with Gasteiger partial charge in [-0.2, -0.15) is 0 Å². The molecule has 0 saturated carbocycles. The third-order valence-electron chi connectivity index (χ3n) is 4.29. The summed E-state index contributed by atoms with van der Waals surface area (Å²) in [4.78, 5) is 14.5. The van der Waals surface area contributed by atoms with Crippen LogP contribution in [0, 0.1) is 0 Å². The van der Waals surface area contributed by atoms with E-state index >= 15 is 0 Å². The second kappa shape index (κ2) is 10.6. The van der Waals surface area contributed by atoms with Gasteiger partial charge in [-0.3, -0.25) is 9.69 Å². The van der Waals surface area contributed by atoms with Gasteiger partial charge in [-0.1, -0.05) is 12.1 Å². The quantitative estimate of drug-likeness (QED) is 0.632. The monoisotopic (exact) mass is 399 g/mol. The average molecular weight is 400 g/mol. The molecule has 27 heavy (non-hydrogen) atoms. The van der Waals surface area contributed by atoms with E-state index in [1.807, 2.05) is 19.1 Å². The summed E-state index contributed by atoms with van der Waals surface area (Å²) in [5.74, 6) is 0.350. The predicted octanol–water partition coefficient (Wildman–Crippen LogP) is 1.01. The summed E-state index contributed by atoms with van der Waals surface area (Å²) in [6, 6.07) is 7.18. The van der Waals surface area contributed by atoms with Crippen molar-refractivity contribution >= 4 is 21.6 Å². The number of carbonyl (C=O) groups is 1. The normalized spacial score (nSPS) is 15.7. The number of hydrogen-bond acceptors (Lipinski definition) is 6. The third kappa shape index (κ3) is 7.45. The smallest absolute Gasteiger partial charge is 0.225 e. The molecule has 0 aliphatic carbocycles. The van der Waals surface area contributed by atoms with Crippen LogP contribution in [0.4, 0.5) is 5.69 Å². The Hall–Kier alpha value is -1.68. The van der Waals surface area contributed by atoms with Crippen molar-refractivity contribution < 1.29 is 22.7 Å². The fraction of sp³-hybridized carbons (Fsp3) is 0.611. The van der Waals surface area contributed by atoms with E-state index in [1.165, 1.54) is 10.6 Å². The van der Waals surface area contributed by atoms with Gasteiger partial charge in [-0.05, 0) is 19.1 Å². The van der Waals surface area contributed by atoms with Crippen LogP contribution in [-0.4, -0.2) is 82.3 Å².